The highest BCUT2D eigenvalue weighted by atomic mass is 19.1. The molecule has 17 heavy (non-hydrogen) atoms. The molecule has 5 heteroatoms. The van der Waals surface area contributed by atoms with Crippen molar-refractivity contribution in [2.45, 2.75) is 19.5 Å². The van der Waals surface area contributed by atoms with E-state index in [-0.39, 0.29) is 6.54 Å². The van der Waals surface area contributed by atoms with E-state index >= 15 is 0 Å². The summed E-state index contributed by atoms with van der Waals surface area (Å²) in [4.78, 5) is 11.1. The zero-order valence-electron chi connectivity index (χ0n) is 9.66. The Balaban J connectivity index is 2.72. The summed E-state index contributed by atoms with van der Waals surface area (Å²) >= 11 is 0. The summed E-state index contributed by atoms with van der Waals surface area (Å²) in [7, 11) is 1.30. The monoisotopic (exact) mass is 236 g/mol. The Morgan fingerprint density at radius 2 is 2.35 bits per heavy atom. The Morgan fingerprint density at radius 3 is 2.94 bits per heavy atom. The van der Waals surface area contributed by atoms with Crippen molar-refractivity contribution in [1.29, 1.82) is 5.26 Å². The van der Waals surface area contributed by atoms with Gasteiger partial charge in [-0.3, -0.25) is 4.79 Å². The second kappa shape index (κ2) is 5.97. The predicted molar refractivity (Wildman–Crippen MR) is 59.4 cm³/mol. The molecule has 4 nitrogen and oxygen atoms in total. The van der Waals surface area contributed by atoms with Crippen LogP contribution in [0.5, 0.6) is 0 Å². The topological polar surface area (TPSA) is 62.1 Å². The van der Waals surface area contributed by atoms with Gasteiger partial charge < -0.3 is 10.1 Å². The van der Waals surface area contributed by atoms with Crippen molar-refractivity contribution in [2.75, 3.05) is 7.11 Å². The van der Waals surface area contributed by atoms with Gasteiger partial charge >= 0.3 is 5.97 Å². The van der Waals surface area contributed by atoms with E-state index in [1.54, 1.807) is 6.92 Å². The smallest absolute Gasteiger partial charge is 0.322 e. The van der Waals surface area contributed by atoms with Gasteiger partial charge in [0.1, 0.15) is 11.9 Å². The van der Waals surface area contributed by atoms with E-state index in [0.29, 0.717) is 11.1 Å². The van der Waals surface area contributed by atoms with E-state index in [0.717, 1.165) is 0 Å². The van der Waals surface area contributed by atoms with E-state index in [1.165, 1.54) is 25.3 Å². The van der Waals surface area contributed by atoms with Crippen LogP contribution >= 0.6 is 0 Å². The number of methoxy groups -OCH3 is 1. The van der Waals surface area contributed by atoms with Crippen LogP contribution in [0.3, 0.4) is 0 Å². The third kappa shape index (κ3) is 3.54. The van der Waals surface area contributed by atoms with Gasteiger partial charge in [0.15, 0.2) is 0 Å². The molecule has 0 saturated carbocycles. The van der Waals surface area contributed by atoms with Crippen LogP contribution in [0.25, 0.3) is 0 Å². The minimum absolute atomic E-state index is 0.233. The van der Waals surface area contributed by atoms with Gasteiger partial charge in [0.25, 0.3) is 0 Å². The summed E-state index contributed by atoms with van der Waals surface area (Å²) in [5.41, 5.74) is 0.902. The zero-order chi connectivity index (χ0) is 12.8. The van der Waals surface area contributed by atoms with Crippen LogP contribution in [0.4, 0.5) is 4.39 Å². The predicted octanol–water partition coefficient (Wildman–Crippen LogP) is 1.35. The lowest BCUT2D eigenvalue weighted by atomic mass is 10.1. The lowest BCUT2D eigenvalue weighted by Gasteiger charge is -2.12. The lowest BCUT2D eigenvalue weighted by molar-refractivity contribution is -0.142. The molecule has 0 saturated heterocycles. The molecule has 0 aliphatic rings. The average molecular weight is 236 g/mol. The van der Waals surface area contributed by atoms with E-state index in [9.17, 15) is 9.18 Å². The second-order valence-corrected chi connectivity index (χ2v) is 3.54. The quantitative estimate of drug-likeness (QED) is 0.801. The normalized spacial score (nSPS) is 11.6. The Morgan fingerprint density at radius 1 is 1.65 bits per heavy atom. The fourth-order valence-electron chi connectivity index (χ4n) is 1.34. The molecule has 0 amide bonds. The van der Waals surface area contributed by atoms with Gasteiger partial charge in [0, 0.05) is 6.54 Å². The minimum Gasteiger partial charge on any atom is -0.468 e. The number of nitrogens with zero attached hydrogens (tertiary/aromatic N) is 1. The van der Waals surface area contributed by atoms with Gasteiger partial charge in [-0.05, 0) is 30.7 Å². The molecule has 1 unspecified atom stereocenters. The second-order valence-electron chi connectivity index (χ2n) is 3.54. The molecule has 90 valence electrons. The largest absolute Gasteiger partial charge is 0.468 e. The highest BCUT2D eigenvalue weighted by Gasteiger charge is 2.13. The summed E-state index contributed by atoms with van der Waals surface area (Å²) in [5.74, 6) is -0.813. The number of nitriles is 1. The molecule has 0 radical (unpaired) electrons. The van der Waals surface area contributed by atoms with E-state index in [1.807, 2.05) is 6.07 Å². The fourth-order valence-corrected chi connectivity index (χ4v) is 1.34. The third-order valence-corrected chi connectivity index (χ3v) is 2.34. The Hall–Kier alpha value is -1.93. The summed E-state index contributed by atoms with van der Waals surface area (Å²) in [5, 5.41) is 11.7. The zero-order valence-corrected chi connectivity index (χ0v) is 9.66. The van der Waals surface area contributed by atoms with Crippen molar-refractivity contribution in [3.05, 3.63) is 35.1 Å². The van der Waals surface area contributed by atoms with Gasteiger partial charge in [-0.25, -0.2) is 4.39 Å². The highest BCUT2D eigenvalue weighted by molar-refractivity contribution is 5.75. The molecule has 0 fully saturated rings. The standard InChI is InChI=1S/C12H13FN2O2/c1-8(12(16)17-2)15-7-10-5-11(13)4-3-9(10)6-14/h3-5,8,15H,7H2,1-2H3. The summed E-state index contributed by atoms with van der Waals surface area (Å²) in [6.07, 6.45) is 0. The molecule has 0 aliphatic carbocycles. The lowest BCUT2D eigenvalue weighted by Crippen LogP contribution is -2.34. The number of hydrogen-bond acceptors (Lipinski definition) is 4. The molecule has 1 N–H and O–H groups in total. The number of hydrogen-bond donors (Lipinski definition) is 1. The SMILES string of the molecule is COC(=O)C(C)NCc1cc(F)ccc1C#N. The molecule has 0 bridgehead atoms. The molecule has 1 rings (SSSR count). The van der Waals surface area contributed by atoms with Crippen molar-refractivity contribution in [2.24, 2.45) is 0 Å². The molecule has 0 aliphatic heterocycles. The summed E-state index contributed by atoms with van der Waals surface area (Å²) < 4.78 is 17.5. The van der Waals surface area contributed by atoms with Crippen molar-refractivity contribution in [1.82, 2.24) is 5.32 Å². The first kappa shape index (κ1) is 13.1. The van der Waals surface area contributed by atoms with Gasteiger partial charge in [-0.2, -0.15) is 5.26 Å². The van der Waals surface area contributed by atoms with Gasteiger partial charge in [0.2, 0.25) is 0 Å². The summed E-state index contributed by atoms with van der Waals surface area (Å²) in [6.45, 7) is 1.87. The number of benzene rings is 1. The molecular weight excluding hydrogens is 223 g/mol. The molecule has 0 spiro atoms. The van der Waals surface area contributed by atoms with E-state index in [2.05, 4.69) is 10.1 Å². The number of esters is 1. The first-order chi connectivity index (χ1) is 8.08. The van der Waals surface area contributed by atoms with Crippen LogP contribution < -0.4 is 5.32 Å². The Kier molecular flexibility index (Phi) is 4.61. The van der Waals surface area contributed by atoms with Crippen LogP contribution in [-0.2, 0) is 16.1 Å². The Bertz CT molecular complexity index is 454. The molecule has 0 heterocycles. The maximum absolute atomic E-state index is 13.0. The first-order valence-electron chi connectivity index (χ1n) is 5.08. The molecule has 1 aromatic carbocycles. The van der Waals surface area contributed by atoms with E-state index in [4.69, 9.17) is 5.26 Å². The molecule has 1 atom stereocenters. The summed E-state index contributed by atoms with van der Waals surface area (Å²) in [6, 6.07) is 5.38. The minimum atomic E-state index is -0.505. The van der Waals surface area contributed by atoms with E-state index < -0.39 is 17.8 Å². The highest BCUT2D eigenvalue weighted by Crippen LogP contribution is 2.10. The number of carbonyl (C=O) groups excluding carboxylic acids is 1. The fraction of sp³-hybridized carbons (Fsp3) is 0.333. The van der Waals surface area contributed by atoms with Gasteiger partial charge in [-0.1, -0.05) is 0 Å². The molecule has 0 aromatic heterocycles. The van der Waals surface area contributed by atoms with Crippen LogP contribution in [-0.4, -0.2) is 19.1 Å². The number of carbonyl (C=O) groups is 1. The van der Waals surface area contributed by atoms with Gasteiger partial charge in [0.05, 0.1) is 18.7 Å². The first-order valence-corrected chi connectivity index (χ1v) is 5.08. The number of rotatable bonds is 4. The van der Waals surface area contributed by atoms with Crippen molar-refractivity contribution < 1.29 is 13.9 Å². The number of halogens is 1. The van der Waals surface area contributed by atoms with Crippen molar-refractivity contribution in [3.63, 3.8) is 0 Å². The van der Waals surface area contributed by atoms with Crippen molar-refractivity contribution in [3.8, 4) is 6.07 Å². The maximum Gasteiger partial charge on any atom is 0.322 e. The van der Waals surface area contributed by atoms with Crippen LogP contribution in [0.2, 0.25) is 0 Å². The Labute approximate surface area is 99.0 Å². The molecule has 1 aromatic rings. The number of ether oxygens (including phenoxy) is 1. The number of nitrogens with one attached hydrogen (secondary N) is 1. The van der Waals surface area contributed by atoms with Crippen LogP contribution in [0.15, 0.2) is 18.2 Å². The van der Waals surface area contributed by atoms with Crippen molar-refractivity contribution >= 4 is 5.97 Å². The molecular formula is C12H13FN2O2. The average Bonchev–Trinajstić information content (AvgIpc) is 2.35. The van der Waals surface area contributed by atoms with Crippen LogP contribution in [0, 0.1) is 17.1 Å². The van der Waals surface area contributed by atoms with Crippen LogP contribution in [0.1, 0.15) is 18.1 Å². The third-order valence-electron chi connectivity index (χ3n) is 2.34. The maximum atomic E-state index is 13.0. The van der Waals surface area contributed by atoms with Gasteiger partial charge in [-0.15, -0.1) is 0 Å².